The normalized spacial score (nSPS) is 25.2. The van der Waals surface area contributed by atoms with Crippen molar-refractivity contribution in [2.45, 2.75) is 63.8 Å². The van der Waals surface area contributed by atoms with Crippen molar-refractivity contribution in [1.29, 1.82) is 0 Å². The Morgan fingerprint density at radius 1 is 1.16 bits per heavy atom. The van der Waals surface area contributed by atoms with Crippen LogP contribution in [-0.4, -0.2) is 50.0 Å². The molecule has 1 saturated carbocycles. The summed E-state index contributed by atoms with van der Waals surface area (Å²) < 4.78 is 11.0. The molecule has 2 aliphatic rings. The molecule has 0 bridgehead atoms. The first kappa shape index (κ1) is 23.3. The van der Waals surface area contributed by atoms with Crippen LogP contribution < -0.4 is 32.0 Å². The summed E-state index contributed by atoms with van der Waals surface area (Å²) >= 11 is 0. The average molecular weight is 434 g/mol. The Labute approximate surface area is 183 Å². The Morgan fingerprint density at radius 2 is 1.97 bits per heavy atom. The van der Waals surface area contributed by atoms with Crippen LogP contribution in [-0.2, 0) is 16.0 Å². The first-order chi connectivity index (χ1) is 15.1. The highest BCUT2D eigenvalue weighted by atomic mass is 16.6. The van der Waals surface area contributed by atoms with Crippen LogP contribution in [0.5, 0.6) is 5.75 Å². The number of amides is 2. The Hall–Kier alpha value is -2.36. The predicted molar refractivity (Wildman–Crippen MR) is 117 cm³/mol. The molecule has 2 unspecified atom stereocenters. The number of hydrazine groups is 1. The fourth-order valence-corrected chi connectivity index (χ4v) is 4.16. The molecule has 3 rings (SSSR count). The number of ether oxygens (including phenoxy) is 2. The summed E-state index contributed by atoms with van der Waals surface area (Å²) in [5.74, 6) is 1.14. The van der Waals surface area contributed by atoms with Crippen LogP contribution >= 0.6 is 0 Å². The molecular weight excluding hydrogens is 398 g/mol. The molecule has 31 heavy (non-hydrogen) atoms. The lowest BCUT2D eigenvalue weighted by atomic mass is 9.96. The number of alkyl carbamates (subject to hydrolysis) is 1. The fourth-order valence-electron chi connectivity index (χ4n) is 4.16. The maximum atomic E-state index is 12.4. The molecule has 1 aliphatic heterocycles. The summed E-state index contributed by atoms with van der Waals surface area (Å²) in [6, 6.07) is 7.74. The first-order valence-corrected chi connectivity index (χ1v) is 11.2. The van der Waals surface area contributed by atoms with E-state index in [1.807, 2.05) is 31.2 Å². The number of rotatable bonds is 10. The van der Waals surface area contributed by atoms with Gasteiger partial charge in [-0.05, 0) is 55.7 Å². The number of nitrogens with two attached hydrogens (primary N) is 1. The molecule has 1 aromatic rings. The van der Waals surface area contributed by atoms with Gasteiger partial charge in [0.25, 0.3) is 0 Å². The molecule has 2 amide bonds. The zero-order valence-corrected chi connectivity index (χ0v) is 18.2. The van der Waals surface area contributed by atoms with E-state index in [0.29, 0.717) is 32.0 Å². The van der Waals surface area contributed by atoms with Crippen LogP contribution in [0, 0.1) is 5.92 Å². The number of carbonyl (C=O) groups excluding carboxylic acids is 2. The van der Waals surface area contributed by atoms with Crippen LogP contribution in [0.15, 0.2) is 24.3 Å². The van der Waals surface area contributed by atoms with E-state index in [2.05, 4.69) is 21.5 Å². The molecule has 1 aromatic carbocycles. The van der Waals surface area contributed by atoms with Crippen LogP contribution in [0.3, 0.4) is 0 Å². The Kier molecular flexibility index (Phi) is 8.93. The van der Waals surface area contributed by atoms with Crippen molar-refractivity contribution < 1.29 is 19.1 Å². The number of nitrogens with one attached hydrogen (secondary N) is 4. The third-order valence-corrected chi connectivity index (χ3v) is 5.73. The van der Waals surface area contributed by atoms with Crippen molar-refractivity contribution in [2.24, 2.45) is 11.7 Å². The van der Waals surface area contributed by atoms with Gasteiger partial charge in [0.15, 0.2) is 0 Å². The SMILES string of the molecule is CCCNC(=O)O[C@H]1CC[C@@H](C2CC(NC(=O)Cc3ccc(OCCN)cc3)NN2)C1. The van der Waals surface area contributed by atoms with Gasteiger partial charge in [0.1, 0.15) is 18.5 Å². The largest absolute Gasteiger partial charge is 0.492 e. The zero-order chi connectivity index (χ0) is 22.1. The second-order valence-corrected chi connectivity index (χ2v) is 8.24. The molecule has 6 N–H and O–H groups in total. The zero-order valence-electron chi connectivity index (χ0n) is 18.2. The standard InChI is InChI=1S/C22H35N5O4/c1-2-10-24-22(29)31-18-8-5-16(13-18)19-14-20(27-26-19)25-21(28)12-15-3-6-17(7-4-15)30-11-9-23/h3-4,6-7,16,18-20,26-27H,2,5,8-14,23H2,1H3,(H,24,29)(H,25,28)/t16-,18+,19?,20?/m1/s1. The van der Waals surface area contributed by atoms with Gasteiger partial charge in [-0.3, -0.25) is 10.2 Å². The van der Waals surface area contributed by atoms with E-state index in [1.165, 1.54) is 0 Å². The number of benzene rings is 1. The van der Waals surface area contributed by atoms with Crippen molar-refractivity contribution in [2.75, 3.05) is 19.7 Å². The van der Waals surface area contributed by atoms with Gasteiger partial charge in [0.2, 0.25) is 5.91 Å². The van der Waals surface area contributed by atoms with Gasteiger partial charge in [-0.15, -0.1) is 0 Å². The van der Waals surface area contributed by atoms with Crippen molar-refractivity contribution in [1.82, 2.24) is 21.5 Å². The van der Waals surface area contributed by atoms with Gasteiger partial charge in [-0.2, -0.15) is 0 Å². The summed E-state index contributed by atoms with van der Waals surface area (Å²) in [5.41, 5.74) is 12.8. The van der Waals surface area contributed by atoms with E-state index in [0.717, 1.165) is 43.4 Å². The van der Waals surface area contributed by atoms with E-state index < -0.39 is 0 Å². The maximum Gasteiger partial charge on any atom is 0.407 e. The first-order valence-electron chi connectivity index (χ1n) is 11.2. The highest BCUT2D eigenvalue weighted by Gasteiger charge is 2.37. The lowest BCUT2D eigenvalue weighted by molar-refractivity contribution is -0.121. The smallest absolute Gasteiger partial charge is 0.407 e. The van der Waals surface area contributed by atoms with Crippen LogP contribution in [0.4, 0.5) is 4.79 Å². The molecule has 0 aromatic heterocycles. The minimum Gasteiger partial charge on any atom is -0.492 e. The third-order valence-electron chi connectivity index (χ3n) is 5.73. The van der Waals surface area contributed by atoms with Crippen LogP contribution in [0.1, 0.15) is 44.6 Å². The van der Waals surface area contributed by atoms with E-state index >= 15 is 0 Å². The average Bonchev–Trinajstić information content (AvgIpc) is 3.41. The van der Waals surface area contributed by atoms with E-state index in [1.54, 1.807) is 0 Å². The summed E-state index contributed by atoms with van der Waals surface area (Å²) in [7, 11) is 0. The van der Waals surface area contributed by atoms with Crippen LogP contribution in [0.25, 0.3) is 0 Å². The molecule has 2 fully saturated rings. The van der Waals surface area contributed by atoms with Gasteiger partial charge in [-0.25, -0.2) is 10.2 Å². The summed E-state index contributed by atoms with van der Waals surface area (Å²) in [6.07, 6.45) is 4.26. The molecule has 9 heteroatoms. The molecular formula is C22H35N5O4. The van der Waals surface area contributed by atoms with E-state index in [-0.39, 0.29) is 30.3 Å². The quantitative estimate of drug-likeness (QED) is 0.375. The topological polar surface area (TPSA) is 127 Å². The second-order valence-electron chi connectivity index (χ2n) is 8.24. The highest BCUT2D eigenvalue weighted by Crippen LogP contribution is 2.32. The second kappa shape index (κ2) is 11.9. The molecule has 9 nitrogen and oxygen atoms in total. The molecule has 1 heterocycles. The van der Waals surface area contributed by atoms with Crippen LogP contribution in [0.2, 0.25) is 0 Å². The molecule has 0 spiro atoms. The number of hydrogen-bond acceptors (Lipinski definition) is 7. The van der Waals surface area contributed by atoms with Crippen molar-refractivity contribution in [3.8, 4) is 5.75 Å². The van der Waals surface area contributed by atoms with Gasteiger partial charge in [0, 0.05) is 19.1 Å². The van der Waals surface area contributed by atoms with E-state index in [4.69, 9.17) is 15.2 Å². The highest BCUT2D eigenvalue weighted by molar-refractivity contribution is 5.78. The minimum absolute atomic E-state index is 0.0317. The van der Waals surface area contributed by atoms with Gasteiger partial charge >= 0.3 is 6.09 Å². The lowest BCUT2D eigenvalue weighted by Crippen LogP contribution is -2.45. The molecule has 0 radical (unpaired) electrons. The summed E-state index contributed by atoms with van der Waals surface area (Å²) in [4.78, 5) is 24.2. The lowest BCUT2D eigenvalue weighted by Gasteiger charge is -2.18. The van der Waals surface area contributed by atoms with Gasteiger partial charge in [0.05, 0.1) is 12.6 Å². The van der Waals surface area contributed by atoms with Gasteiger partial charge < -0.3 is 25.8 Å². The Morgan fingerprint density at radius 3 is 2.71 bits per heavy atom. The van der Waals surface area contributed by atoms with Crippen molar-refractivity contribution in [3.05, 3.63) is 29.8 Å². The number of carbonyl (C=O) groups is 2. The van der Waals surface area contributed by atoms with E-state index in [9.17, 15) is 9.59 Å². The molecule has 4 atom stereocenters. The van der Waals surface area contributed by atoms with Crippen molar-refractivity contribution >= 4 is 12.0 Å². The minimum atomic E-state index is -0.325. The number of hydrogen-bond donors (Lipinski definition) is 5. The molecule has 172 valence electrons. The van der Waals surface area contributed by atoms with Gasteiger partial charge in [-0.1, -0.05) is 19.1 Å². The Balaban J connectivity index is 1.37. The molecule has 1 saturated heterocycles. The van der Waals surface area contributed by atoms with Crippen molar-refractivity contribution in [3.63, 3.8) is 0 Å². The maximum absolute atomic E-state index is 12.4. The summed E-state index contributed by atoms with van der Waals surface area (Å²) in [6.45, 7) is 3.59. The third kappa shape index (κ3) is 7.37. The Bertz CT molecular complexity index is 714. The molecule has 1 aliphatic carbocycles. The summed E-state index contributed by atoms with van der Waals surface area (Å²) in [5, 5.41) is 5.80. The predicted octanol–water partition coefficient (Wildman–Crippen LogP) is 1.18. The fraction of sp³-hybridized carbons (Fsp3) is 0.636. The monoisotopic (exact) mass is 433 g/mol.